The van der Waals surface area contributed by atoms with Crippen LogP contribution in [0.15, 0.2) is 22.2 Å². The van der Waals surface area contributed by atoms with Crippen molar-refractivity contribution in [2.24, 2.45) is 11.8 Å². The molecule has 0 saturated carbocycles. The van der Waals surface area contributed by atoms with Gasteiger partial charge in [-0.15, -0.1) is 0 Å². The molecule has 1 saturated heterocycles. The molecule has 2 unspecified atom stereocenters. The first-order chi connectivity index (χ1) is 6.77. The van der Waals surface area contributed by atoms with Gasteiger partial charge in [0.15, 0.2) is 0 Å². The Bertz CT molecular complexity index is 261. The van der Waals surface area contributed by atoms with Crippen molar-refractivity contribution in [1.82, 2.24) is 5.32 Å². The molecule has 1 heterocycles. The van der Waals surface area contributed by atoms with E-state index in [4.69, 9.17) is 0 Å². The molecule has 0 bridgehead atoms. The zero-order valence-electron chi connectivity index (χ0n) is 8.72. The van der Waals surface area contributed by atoms with E-state index in [0.29, 0.717) is 0 Å². The van der Waals surface area contributed by atoms with Crippen molar-refractivity contribution in [3.63, 3.8) is 0 Å². The van der Waals surface area contributed by atoms with E-state index in [1.54, 1.807) is 5.57 Å². The zero-order valence-corrected chi connectivity index (χ0v) is 10.3. The number of allylic oxidation sites excluding steroid dienone is 4. The Morgan fingerprint density at radius 1 is 1.43 bits per heavy atom. The lowest BCUT2D eigenvalue weighted by atomic mass is 9.83. The van der Waals surface area contributed by atoms with E-state index >= 15 is 0 Å². The van der Waals surface area contributed by atoms with Crippen molar-refractivity contribution < 1.29 is 0 Å². The zero-order chi connectivity index (χ0) is 9.97. The topological polar surface area (TPSA) is 12.0 Å². The first kappa shape index (κ1) is 10.4. The van der Waals surface area contributed by atoms with E-state index in [-0.39, 0.29) is 0 Å². The maximum absolute atomic E-state index is 3.55. The highest BCUT2D eigenvalue weighted by Crippen LogP contribution is 2.32. The van der Waals surface area contributed by atoms with Crippen LogP contribution in [-0.4, -0.2) is 13.1 Å². The molecule has 2 heteroatoms. The summed E-state index contributed by atoms with van der Waals surface area (Å²) in [6.07, 6.45) is 8.32. The summed E-state index contributed by atoms with van der Waals surface area (Å²) in [5, 5.41) is 3.45. The molecule has 2 aliphatic rings. The summed E-state index contributed by atoms with van der Waals surface area (Å²) in [7, 11) is 0. The third-order valence-corrected chi connectivity index (χ3v) is 4.18. The van der Waals surface area contributed by atoms with E-state index in [2.05, 4.69) is 40.3 Å². The largest absolute Gasteiger partial charge is 0.316 e. The lowest BCUT2D eigenvalue weighted by Gasteiger charge is -2.23. The van der Waals surface area contributed by atoms with Crippen molar-refractivity contribution in [2.45, 2.75) is 26.2 Å². The number of hydrogen-bond donors (Lipinski definition) is 1. The fourth-order valence-corrected chi connectivity index (χ4v) is 2.74. The second-order valence-electron chi connectivity index (χ2n) is 4.40. The van der Waals surface area contributed by atoms with E-state index in [0.717, 1.165) is 11.8 Å². The quantitative estimate of drug-likeness (QED) is 0.799. The number of hydrogen-bond acceptors (Lipinski definition) is 1. The van der Waals surface area contributed by atoms with Crippen molar-refractivity contribution in [3.05, 3.63) is 22.2 Å². The van der Waals surface area contributed by atoms with Gasteiger partial charge in [-0.1, -0.05) is 40.6 Å². The summed E-state index contributed by atoms with van der Waals surface area (Å²) >= 11 is 3.55. The van der Waals surface area contributed by atoms with Crippen LogP contribution in [0.1, 0.15) is 26.2 Å². The second kappa shape index (κ2) is 4.63. The van der Waals surface area contributed by atoms with Crippen molar-refractivity contribution >= 4 is 15.9 Å². The van der Waals surface area contributed by atoms with Gasteiger partial charge in [0.25, 0.3) is 0 Å². The molecule has 2 atom stereocenters. The van der Waals surface area contributed by atoms with Crippen LogP contribution in [0.3, 0.4) is 0 Å². The molecule has 0 aromatic rings. The monoisotopic (exact) mass is 255 g/mol. The molecule has 14 heavy (non-hydrogen) atoms. The van der Waals surface area contributed by atoms with Crippen molar-refractivity contribution in [3.8, 4) is 0 Å². The highest BCUT2D eigenvalue weighted by molar-refractivity contribution is 9.11. The lowest BCUT2D eigenvalue weighted by Crippen LogP contribution is -2.17. The minimum absolute atomic E-state index is 0.766. The Labute approximate surface area is 94.8 Å². The van der Waals surface area contributed by atoms with Gasteiger partial charge >= 0.3 is 0 Å². The van der Waals surface area contributed by atoms with Gasteiger partial charge in [0, 0.05) is 0 Å². The highest BCUT2D eigenvalue weighted by atomic mass is 79.9. The average molecular weight is 256 g/mol. The Hall–Kier alpha value is -0.0800. The Morgan fingerprint density at radius 2 is 2.29 bits per heavy atom. The molecule has 0 aromatic carbocycles. The maximum Gasteiger partial charge on any atom is -0.00144 e. The molecular weight excluding hydrogens is 238 g/mol. The van der Waals surface area contributed by atoms with E-state index in [1.807, 2.05) is 0 Å². The Morgan fingerprint density at radius 3 is 2.86 bits per heavy atom. The van der Waals surface area contributed by atoms with Crippen LogP contribution in [0.25, 0.3) is 0 Å². The minimum atomic E-state index is 0.766. The third-order valence-electron chi connectivity index (χ3n) is 3.52. The first-order valence-corrected chi connectivity index (χ1v) is 6.32. The van der Waals surface area contributed by atoms with Crippen LogP contribution in [0.5, 0.6) is 0 Å². The summed E-state index contributed by atoms with van der Waals surface area (Å²) in [5.41, 5.74) is 1.64. The highest BCUT2D eigenvalue weighted by Gasteiger charge is 2.24. The number of rotatable bonds is 2. The molecule has 0 amide bonds. The Kier molecular flexibility index (Phi) is 3.45. The second-order valence-corrected chi connectivity index (χ2v) is 5.42. The van der Waals surface area contributed by atoms with E-state index in [1.165, 1.54) is 36.8 Å². The van der Waals surface area contributed by atoms with Gasteiger partial charge < -0.3 is 5.32 Å². The van der Waals surface area contributed by atoms with Crippen LogP contribution >= 0.6 is 15.9 Å². The fraction of sp³-hybridized carbons (Fsp3) is 0.667. The Balaban J connectivity index is 2.00. The van der Waals surface area contributed by atoms with Gasteiger partial charge in [-0.3, -0.25) is 0 Å². The van der Waals surface area contributed by atoms with Gasteiger partial charge in [-0.05, 0) is 48.7 Å². The van der Waals surface area contributed by atoms with Gasteiger partial charge in [0.05, 0.1) is 0 Å². The normalized spacial score (nSPS) is 29.7. The molecular formula is C12H18BrN. The number of halogens is 1. The van der Waals surface area contributed by atoms with Gasteiger partial charge in [0.1, 0.15) is 0 Å². The minimum Gasteiger partial charge on any atom is -0.316 e. The molecule has 1 aliphatic carbocycles. The summed E-state index contributed by atoms with van der Waals surface area (Å²) in [5.74, 6) is 1.63. The standard InChI is InChI=1S/C12H18BrN/c1-9(11-6-7-14-8-11)10-2-4-12(13)5-3-10/h2,4,9,11,14H,3,5-8H2,1H3. The molecule has 78 valence electrons. The molecule has 1 aliphatic heterocycles. The smallest absolute Gasteiger partial charge is 0.00144 e. The maximum atomic E-state index is 3.55. The summed E-state index contributed by atoms with van der Waals surface area (Å²) in [4.78, 5) is 0. The summed E-state index contributed by atoms with van der Waals surface area (Å²) in [6.45, 7) is 4.81. The average Bonchev–Trinajstić information content (AvgIpc) is 2.71. The molecule has 0 radical (unpaired) electrons. The van der Waals surface area contributed by atoms with Gasteiger partial charge in [0.2, 0.25) is 0 Å². The van der Waals surface area contributed by atoms with Crippen molar-refractivity contribution in [1.29, 1.82) is 0 Å². The van der Waals surface area contributed by atoms with Gasteiger partial charge in [-0.2, -0.15) is 0 Å². The van der Waals surface area contributed by atoms with Crippen LogP contribution in [0.2, 0.25) is 0 Å². The summed E-state index contributed by atoms with van der Waals surface area (Å²) < 4.78 is 1.35. The first-order valence-electron chi connectivity index (χ1n) is 5.53. The van der Waals surface area contributed by atoms with Crippen molar-refractivity contribution in [2.75, 3.05) is 13.1 Å². The number of nitrogens with one attached hydrogen (secondary N) is 1. The lowest BCUT2D eigenvalue weighted by molar-refractivity contribution is 0.428. The molecule has 0 aromatic heterocycles. The molecule has 1 fully saturated rings. The van der Waals surface area contributed by atoms with E-state index < -0.39 is 0 Å². The van der Waals surface area contributed by atoms with Crippen LogP contribution < -0.4 is 5.32 Å². The summed E-state index contributed by atoms with van der Waals surface area (Å²) in [6, 6.07) is 0. The van der Waals surface area contributed by atoms with E-state index in [9.17, 15) is 0 Å². The predicted octanol–water partition coefficient (Wildman–Crippen LogP) is 3.23. The fourth-order valence-electron chi connectivity index (χ4n) is 2.41. The van der Waals surface area contributed by atoms with Crippen LogP contribution in [0, 0.1) is 11.8 Å². The molecule has 0 spiro atoms. The van der Waals surface area contributed by atoms with Gasteiger partial charge in [-0.25, -0.2) is 0 Å². The molecule has 2 rings (SSSR count). The predicted molar refractivity (Wildman–Crippen MR) is 64.5 cm³/mol. The molecule has 1 N–H and O–H groups in total. The molecule has 1 nitrogen and oxygen atoms in total. The van der Waals surface area contributed by atoms with Crippen LogP contribution in [0.4, 0.5) is 0 Å². The SMILES string of the molecule is CC(C1=CC=C(Br)CC1)C1CCNC1. The third kappa shape index (κ3) is 2.29. The van der Waals surface area contributed by atoms with Crippen LogP contribution in [-0.2, 0) is 0 Å².